The fraction of sp³-hybridized carbons (Fsp3) is 0.474. The normalized spacial score (nSPS) is 17.8. The minimum atomic E-state index is -0.260. The predicted octanol–water partition coefficient (Wildman–Crippen LogP) is 3.03. The molecule has 2 aliphatic rings. The number of nitrogens with one attached hydrogen (secondary N) is 1. The highest BCUT2D eigenvalue weighted by atomic mass is 16.5. The molecule has 1 unspecified atom stereocenters. The first-order valence-electron chi connectivity index (χ1n) is 8.92. The molecule has 2 aromatic rings. The lowest BCUT2D eigenvalue weighted by molar-refractivity contribution is 0.0932. The SMILES string of the molecule is CC(NC(=O)c1cnc(C2CC2)c(OCC2CC2)n1)c1ccccn1. The highest BCUT2D eigenvalue weighted by Gasteiger charge is 2.31. The van der Waals surface area contributed by atoms with Crippen LogP contribution in [-0.2, 0) is 0 Å². The molecule has 0 spiro atoms. The van der Waals surface area contributed by atoms with Crippen LogP contribution in [0.2, 0.25) is 0 Å². The molecule has 1 N–H and O–H groups in total. The number of carbonyl (C=O) groups is 1. The zero-order valence-corrected chi connectivity index (χ0v) is 14.3. The third-order valence-corrected chi connectivity index (χ3v) is 4.60. The predicted molar refractivity (Wildman–Crippen MR) is 92.3 cm³/mol. The van der Waals surface area contributed by atoms with Crippen molar-refractivity contribution in [3.05, 3.63) is 47.7 Å². The molecule has 1 amide bonds. The molecule has 2 aliphatic carbocycles. The maximum absolute atomic E-state index is 12.5. The van der Waals surface area contributed by atoms with Gasteiger partial charge in [-0.15, -0.1) is 0 Å². The average Bonchev–Trinajstić information content (AvgIpc) is 3.54. The molecule has 6 nitrogen and oxygen atoms in total. The van der Waals surface area contributed by atoms with Crippen LogP contribution < -0.4 is 10.1 Å². The van der Waals surface area contributed by atoms with Gasteiger partial charge in [0.15, 0.2) is 0 Å². The second-order valence-electron chi connectivity index (χ2n) is 6.92. The van der Waals surface area contributed by atoms with E-state index in [1.807, 2.05) is 25.1 Å². The Morgan fingerprint density at radius 2 is 2.12 bits per heavy atom. The van der Waals surface area contributed by atoms with Crippen LogP contribution in [0.25, 0.3) is 0 Å². The lowest BCUT2D eigenvalue weighted by Gasteiger charge is -2.14. The molecule has 0 aliphatic heterocycles. The summed E-state index contributed by atoms with van der Waals surface area (Å²) in [4.78, 5) is 25.7. The van der Waals surface area contributed by atoms with E-state index in [1.54, 1.807) is 12.4 Å². The number of amides is 1. The number of hydrogen-bond acceptors (Lipinski definition) is 5. The van der Waals surface area contributed by atoms with E-state index in [2.05, 4.69) is 20.3 Å². The summed E-state index contributed by atoms with van der Waals surface area (Å²) in [6.45, 7) is 2.57. The van der Waals surface area contributed by atoms with Crippen molar-refractivity contribution in [2.24, 2.45) is 5.92 Å². The van der Waals surface area contributed by atoms with Gasteiger partial charge < -0.3 is 10.1 Å². The number of carbonyl (C=O) groups excluding carboxylic acids is 1. The first kappa shape index (κ1) is 16.0. The molecule has 6 heteroatoms. The van der Waals surface area contributed by atoms with Crippen molar-refractivity contribution in [1.82, 2.24) is 20.3 Å². The molecule has 4 rings (SSSR count). The van der Waals surface area contributed by atoms with Gasteiger partial charge in [-0.25, -0.2) is 4.98 Å². The number of ether oxygens (including phenoxy) is 1. The molecule has 0 aromatic carbocycles. The van der Waals surface area contributed by atoms with Crippen LogP contribution in [-0.4, -0.2) is 27.5 Å². The van der Waals surface area contributed by atoms with Crippen molar-refractivity contribution in [1.29, 1.82) is 0 Å². The molecular formula is C19H22N4O2. The third kappa shape index (κ3) is 3.95. The summed E-state index contributed by atoms with van der Waals surface area (Å²) in [6.07, 6.45) is 7.94. The maximum Gasteiger partial charge on any atom is 0.272 e. The molecule has 1 atom stereocenters. The van der Waals surface area contributed by atoms with Gasteiger partial charge in [-0.05, 0) is 50.7 Å². The molecule has 2 aromatic heterocycles. The Balaban J connectivity index is 1.48. The average molecular weight is 338 g/mol. The van der Waals surface area contributed by atoms with Crippen molar-refractivity contribution in [2.45, 2.75) is 44.6 Å². The Kier molecular flexibility index (Phi) is 4.34. The van der Waals surface area contributed by atoms with Crippen LogP contribution in [0.5, 0.6) is 5.88 Å². The van der Waals surface area contributed by atoms with Crippen molar-refractivity contribution >= 4 is 5.91 Å². The van der Waals surface area contributed by atoms with Crippen LogP contribution in [0.15, 0.2) is 30.6 Å². The van der Waals surface area contributed by atoms with E-state index in [0.717, 1.165) is 24.2 Å². The zero-order chi connectivity index (χ0) is 17.2. The molecule has 25 heavy (non-hydrogen) atoms. The van der Waals surface area contributed by atoms with E-state index in [0.29, 0.717) is 24.3 Å². The van der Waals surface area contributed by atoms with Crippen LogP contribution in [0.1, 0.15) is 66.4 Å². The molecule has 2 heterocycles. The Labute approximate surface area is 147 Å². The lowest BCUT2D eigenvalue weighted by atomic mass is 10.2. The highest BCUT2D eigenvalue weighted by Crippen LogP contribution is 2.42. The smallest absolute Gasteiger partial charge is 0.272 e. The van der Waals surface area contributed by atoms with Gasteiger partial charge in [-0.3, -0.25) is 14.8 Å². The summed E-state index contributed by atoms with van der Waals surface area (Å²) in [5.74, 6) is 1.35. The van der Waals surface area contributed by atoms with Gasteiger partial charge >= 0.3 is 0 Å². The minimum absolute atomic E-state index is 0.200. The Morgan fingerprint density at radius 1 is 1.28 bits per heavy atom. The number of aromatic nitrogens is 3. The Hall–Kier alpha value is -2.50. The van der Waals surface area contributed by atoms with Crippen molar-refractivity contribution < 1.29 is 9.53 Å². The lowest BCUT2D eigenvalue weighted by Crippen LogP contribution is -2.28. The number of rotatable bonds is 7. The summed E-state index contributed by atoms with van der Waals surface area (Å²) in [7, 11) is 0. The van der Waals surface area contributed by atoms with Crippen molar-refractivity contribution in [3.63, 3.8) is 0 Å². The maximum atomic E-state index is 12.5. The molecule has 2 saturated carbocycles. The van der Waals surface area contributed by atoms with Crippen LogP contribution >= 0.6 is 0 Å². The van der Waals surface area contributed by atoms with E-state index in [1.165, 1.54) is 12.8 Å². The van der Waals surface area contributed by atoms with Crippen molar-refractivity contribution in [2.75, 3.05) is 6.61 Å². The second-order valence-corrected chi connectivity index (χ2v) is 6.92. The molecule has 2 fully saturated rings. The van der Waals surface area contributed by atoms with Gasteiger partial charge in [-0.2, -0.15) is 0 Å². The van der Waals surface area contributed by atoms with Crippen LogP contribution in [0.4, 0.5) is 0 Å². The summed E-state index contributed by atoms with van der Waals surface area (Å²) in [6, 6.07) is 5.44. The van der Waals surface area contributed by atoms with Gasteiger partial charge in [0, 0.05) is 12.1 Å². The molecule has 0 bridgehead atoms. The molecule has 0 radical (unpaired) electrons. The van der Waals surface area contributed by atoms with E-state index < -0.39 is 0 Å². The summed E-state index contributed by atoms with van der Waals surface area (Å²) >= 11 is 0. The van der Waals surface area contributed by atoms with Crippen LogP contribution in [0.3, 0.4) is 0 Å². The van der Waals surface area contributed by atoms with Gasteiger partial charge in [0.05, 0.1) is 24.5 Å². The minimum Gasteiger partial charge on any atom is -0.476 e. The Bertz CT molecular complexity index is 757. The molecular weight excluding hydrogens is 316 g/mol. The standard InChI is InChI=1S/C19H22N4O2/c1-12(15-4-2-3-9-20-15)22-18(24)16-10-21-17(14-7-8-14)19(23-16)25-11-13-5-6-13/h2-4,9-10,12-14H,5-8,11H2,1H3,(H,22,24). The van der Waals surface area contributed by atoms with Gasteiger partial charge in [-0.1, -0.05) is 6.07 Å². The molecule has 0 saturated heterocycles. The number of nitrogens with zero attached hydrogens (tertiary/aromatic N) is 3. The van der Waals surface area contributed by atoms with Crippen LogP contribution in [0, 0.1) is 5.92 Å². The summed E-state index contributed by atoms with van der Waals surface area (Å²) in [5.41, 5.74) is 2.00. The quantitative estimate of drug-likeness (QED) is 0.840. The molecule has 130 valence electrons. The second kappa shape index (κ2) is 6.78. The fourth-order valence-electron chi connectivity index (χ4n) is 2.69. The monoisotopic (exact) mass is 338 g/mol. The van der Waals surface area contributed by atoms with Gasteiger partial charge in [0.1, 0.15) is 11.4 Å². The van der Waals surface area contributed by atoms with E-state index >= 15 is 0 Å². The van der Waals surface area contributed by atoms with E-state index in [-0.39, 0.29) is 17.6 Å². The highest BCUT2D eigenvalue weighted by molar-refractivity contribution is 5.92. The third-order valence-electron chi connectivity index (χ3n) is 4.60. The van der Waals surface area contributed by atoms with E-state index in [4.69, 9.17) is 4.74 Å². The number of pyridine rings is 1. The first-order valence-corrected chi connectivity index (χ1v) is 8.92. The van der Waals surface area contributed by atoms with E-state index in [9.17, 15) is 4.79 Å². The first-order chi connectivity index (χ1) is 12.2. The Morgan fingerprint density at radius 3 is 2.80 bits per heavy atom. The zero-order valence-electron chi connectivity index (χ0n) is 14.3. The van der Waals surface area contributed by atoms with Gasteiger partial charge in [0.2, 0.25) is 5.88 Å². The largest absolute Gasteiger partial charge is 0.476 e. The van der Waals surface area contributed by atoms with Crippen molar-refractivity contribution in [3.8, 4) is 5.88 Å². The van der Waals surface area contributed by atoms with Gasteiger partial charge in [0.25, 0.3) is 5.91 Å². The number of hydrogen-bond donors (Lipinski definition) is 1. The fourth-order valence-corrected chi connectivity index (χ4v) is 2.69. The summed E-state index contributed by atoms with van der Waals surface area (Å²) in [5, 5.41) is 2.92. The summed E-state index contributed by atoms with van der Waals surface area (Å²) < 4.78 is 5.88. The topological polar surface area (TPSA) is 77.0 Å².